The van der Waals surface area contributed by atoms with Gasteiger partial charge in [-0.2, -0.15) is 0 Å². The van der Waals surface area contributed by atoms with Gasteiger partial charge in [0.05, 0.1) is 0 Å². The average Bonchev–Trinajstić information content (AvgIpc) is 2.53. The molecule has 0 spiro atoms. The number of fused-ring (bicyclic) bond motifs is 1. The Hall–Kier alpha value is -0.380. The van der Waals surface area contributed by atoms with Crippen molar-refractivity contribution in [2.75, 3.05) is 5.73 Å². The van der Waals surface area contributed by atoms with Gasteiger partial charge >= 0.3 is 0 Å². The molecule has 0 amide bonds. The van der Waals surface area contributed by atoms with Gasteiger partial charge < -0.3 is 5.73 Å². The molecule has 1 aromatic rings. The Bertz CT molecular complexity index is 369. The van der Waals surface area contributed by atoms with E-state index in [1.54, 1.807) is 9.13 Å². The average molecular weight is 287 g/mol. The van der Waals surface area contributed by atoms with Crippen molar-refractivity contribution in [3.05, 3.63) is 26.3 Å². The molecule has 0 saturated carbocycles. The van der Waals surface area contributed by atoms with Crippen LogP contribution in [0.5, 0.6) is 0 Å². The van der Waals surface area contributed by atoms with E-state index in [-0.39, 0.29) is 20.7 Å². The Kier molecular flexibility index (Phi) is 2.41. The third kappa shape index (κ3) is 1.41. The Morgan fingerprint density at radius 3 is 2.77 bits per heavy atom. The Balaban J connectivity index is 2.71. The summed E-state index contributed by atoms with van der Waals surface area (Å²) in [6, 6.07) is 2.13. The van der Waals surface area contributed by atoms with Crippen molar-refractivity contribution in [3.63, 3.8) is 0 Å². The van der Waals surface area contributed by atoms with E-state index in [4.69, 9.17) is 5.73 Å². The SMILES string of the molecule is C=Ic1c(C)cc(N)c2c1CCC2. The first-order valence-electron chi connectivity index (χ1n) is 4.53. The first-order valence-corrected chi connectivity index (χ1v) is 7.13. The molecule has 0 aliphatic heterocycles. The van der Waals surface area contributed by atoms with Crippen molar-refractivity contribution in [3.8, 4) is 0 Å². The molecule has 1 nitrogen and oxygen atoms in total. The van der Waals surface area contributed by atoms with E-state index in [0.717, 1.165) is 5.69 Å². The molecule has 1 aliphatic rings. The van der Waals surface area contributed by atoms with Crippen molar-refractivity contribution < 1.29 is 0 Å². The largest absolute Gasteiger partial charge is 0.398 e. The molecular weight excluding hydrogens is 273 g/mol. The fourth-order valence-corrected chi connectivity index (χ4v) is 3.93. The molecule has 0 heterocycles. The van der Waals surface area contributed by atoms with Gasteiger partial charge in [0.1, 0.15) is 0 Å². The smallest absolute Gasteiger partial charge is 0.0352 e. The topological polar surface area (TPSA) is 26.0 Å². The molecule has 70 valence electrons. The van der Waals surface area contributed by atoms with Gasteiger partial charge in [-0.15, -0.1) is 0 Å². The Morgan fingerprint density at radius 1 is 1.38 bits per heavy atom. The molecule has 2 rings (SSSR count). The number of hydrogen-bond acceptors (Lipinski definition) is 1. The highest BCUT2D eigenvalue weighted by molar-refractivity contribution is 14.2. The standard InChI is InChI=1S/C11H14IN/c1-7-6-10(13)8-4-3-5-9(8)11(7)12-2/h6H,2-5,13H2,1H3. The third-order valence-electron chi connectivity index (χ3n) is 2.68. The van der Waals surface area contributed by atoms with Gasteiger partial charge in [-0.1, -0.05) is 25.2 Å². The van der Waals surface area contributed by atoms with Gasteiger partial charge in [0.2, 0.25) is 0 Å². The monoisotopic (exact) mass is 287 g/mol. The zero-order valence-corrected chi connectivity index (χ0v) is 10.0. The van der Waals surface area contributed by atoms with Crippen LogP contribution >= 0.6 is 20.7 Å². The molecule has 0 radical (unpaired) electrons. The predicted octanol–water partition coefficient (Wildman–Crippen LogP) is 2.64. The minimum absolute atomic E-state index is 0.0355. The molecule has 1 aliphatic carbocycles. The van der Waals surface area contributed by atoms with E-state index in [0.29, 0.717) is 0 Å². The lowest BCUT2D eigenvalue weighted by Gasteiger charge is -2.10. The molecular formula is C11H14IN. The van der Waals surface area contributed by atoms with Gasteiger partial charge in [0, 0.05) is 9.26 Å². The number of hydrogen-bond donors (Lipinski definition) is 1. The predicted molar refractivity (Wildman–Crippen MR) is 67.5 cm³/mol. The second kappa shape index (κ2) is 3.40. The minimum atomic E-state index is -0.0355. The maximum absolute atomic E-state index is 5.99. The van der Waals surface area contributed by atoms with Crippen LogP contribution in [0.25, 0.3) is 0 Å². The zero-order chi connectivity index (χ0) is 9.42. The summed E-state index contributed by atoms with van der Waals surface area (Å²) >= 11 is -0.0355. The van der Waals surface area contributed by atoms with Gasteiger partial charge in [-0.05, 0) is 48.9 Å². The number of anilines is 1. The van der Waals surface area contributed by atoms with E-state index in [2.05, 4.69) is 17.5 Å². The van der Waals surface area contributed by atoms with Crippen LogP contribution in [-0.2, 0) is 12.8 Å². The third-order valence-corrected chi connectivity index (χ3v) is 4.95. The Labute approximate surface area is 89.1 Å². The maximum atomic E-state index is 5.99. The number of halogens is 1. The fraction of sp³-hybridized carbons (Fsp3) is 0.364. The molecule has 1 aromatic carbocycles. The molecule has 2 N–H and O–H groups in total. The molecule has 0 aromatic heterocycles. The van der Waals surface area contributed by atoms with Crippen molar-refractivity contribution in [2.24, 2.45) is 0 Å². The molecule has 0 bridgehead atoms. The highest BCUT2D eigenvalue weighted by atomic mass is 127. The van der Waals surface area contributed by atoms with Gasteiger partial charge in [-0.25, -0.2) is 0 Å². The second-order valence-electron chi connectivity index (χ2n) is 3.54. The van der Waals surface area contributed by atoms with Crippen LogP contribution < -0.4 is 5.73 Å². The van der Waals surface area contributed by atoms with E-state index in [1.165, 1.54) is 30.4 Å². The normalized spacial score (nSPS) is 14.5. The van der Waals surface area contributed by atoms with Crippen LogP contribution in [0, 0.1) is 10.5 Å². The lowest BCUT2D eigenvalue weighted by atomic mass is 10.1. The molecule has 13 heavy (non-hydrogen) atoms. The summed E-state index contributed by atoms with van der Waals surface area (Å²) in [6.07, 6.45) is 3.68. The lowest BCUT2D eigenvalue weighted by molar-refractivity contribution is 0.910. The number of nitrogens with two attached hydrogens (primary N) is 1. The van der Waals surface area contributed by atoms with Crippen molar-refractivity contribution in [2.45, 2.75) is 26.2 Å². The maximum Gasteiger partial charge on any atom is 0.0352 e. The molecule has 0 fully saturated rings. The first kappa shape index (κ1) is 9.19. The highest BCUT2D eigenvalue weighted by Gasteiger charge is 2.17. The highest BCUT2D eigenvalue weighted by Crippen LogP contribution is 2.34. The van der Waals surface area contributed by atoms with Crippen LogP contribution in [0.15, 0.2) is 6.07 Å². The summed E-state index contributed by atoms with van der Waals surface area (Å²) in [5, 5.41) is 0. The number of aryl methyl sites for hydroxylation is 1. The zero-order valence-electron chi connectivity index (χ0n) is 7.86. The summed E-state index contributed by atoms with van der Waals surface area (Å²) in [5.41, 5.74) is 11.3. The number of rotatable bonds is 1. The quantitative estimate of drug-likeness (QED) is 0.623. The van der Waals surface area contributed by atoms with Crippen LogP contribution in [0.3, 0.4) is 0 Å². The second-order valence-corrected chi connectivity index (χ2v) is 5.38. The molecule has 0 saturated heterocycles. The summed E-state index contributed by atoms with van der Waals surface area (Å²) in [5.74, 6) is 0. The van der Waals surface area contributed by atoms with E-state index >= 15 is 0 Å². The van der Waals surface area contributed by atoms with E-state index in [1.807, 2.05) is 0 Å². The van der Waals surface area contributed by atoms with Gasteiger partial charge in [0.15, 0.2) is 0 Å². The van der Waals surface area contributed by atoms with Crippen LogP contribution in [0.2, 0.25) is 0 Å². The number of benzene rings is 1. The molecule has 0 unspecified atom stereocenters. The van der Waals surface area contributed by atoms with Crippen LogP contribution in [-0.4, -0.2) is 4.51 Å². The van der Waals surface area contributed by atoms with Crippen molar-refractivity contribution in [1.29, 1.82) is 0 Å². The van der Waals surface area contributed by atoms with Gasteiger partial charge in [0.25, 0.3) is 0 Å². The molecule has 2 heteroatoms. The minimum Gasteiger partial charge on any atom is -0.398 e. The lowest BCUT2D eigenvalue weighted by Crippen LogP contribution is -1.98. The van der Waals surface area contributed by atoms with E-state index in [9.17, 15) is 0 Å². The Morgan fingerprint density at radius 2 is 2.08 bits per heavy atom. The molecule has 0 atom stereocenters. The van der Waals surface area contributed by atoms with E-state index < -0.39 is 0 Å². The number of nitrogen functional groups attached to an aromatic ring is 1. The summed E-state index contributed by atoms with van der Waals surface area (Å²) < 4.78 is 5.64. The van der Waals surface area contributed by atoms with Crippen molar-refractivity contribution in [1.82, 2.24) is 0 Å². The summed E-state index contributed by atoms with van der Waals surface area (Å²) in [6.45, 7) is 2.16. The summed E-state index contributed by atoms with van der Waals surface area (Å²) in [7, 11) is 0. The van der Waals surface area contributed by atoms with Crippen LogP contribution in [0.1, 0.15) is 23.1 Å². The van der Waals surface area contributed by atoms with Gasteiger partial charge in [-0.3, -0.25) is 0 Å². The fourth-order valence-electron chi connectivity index (χ4n) is 2.11. The van der Waals surface area contributed by atoms with Crippen LogP contribution in [0.4, 0.5) is 5.69 Å². The first-order chi connectivity index (χ1) is 6.24. The summed E-state index contributed by atoms with van der Waals surface area (Å²) in [4.78, 5) is 0. The van der Waals surface area contributed by atoms with Crippen molar-refractivity contribution >= 4 is 30.9 Å².